The summed E-state index contributed by atoms with van der Waals surface area (Å²) >= 11 is 0. The summed E-state index contributed by atoms with van der Waals surface area (Å²) in [6, 6.07) is 0. The van der Waals surface area contributed by atoms with Gasteiger partial charge in [-0.2, -0.15) is 7.82 Å². The van der Waals surface area contributed by atoms with Crippen LogP contribution in [0, 0.1) is 0 Å². The van der Waals surface area contributed by atoms with Crippen LogP contribution in [0.3, 0.4) is 0 Å². The predicted molar refractivity (Wildman–Crippen MR) is 39.7 cm³/mol. The number of phosphoric acid groups is 3. The second-order valence-electron chi connectivity index (χ2n) is 1.45. The maximum absolute atomic E-state index is 8.88. The third kappa shape index (κ3) is 1300. The van der Waals surface area contributed by atoms with Gasteiger partial charge in [-0.1, -0.05) is 0 Å². The maximum Gasteiger partial charge on any atom is 3.00 e. The first-order valence-electron chi connectivity index (χ1n) is 2.28. The largest absolute Gasteiger partial charge is 3.00 e. The summed E-state index contributed by atoms with van der Waals surface area (Å²) in [6.45, 7) is 0. The zero-order valence-electron chi connectivity index (χ0n) is 8.01. The molecule has 0 aromatic heterocycles. The van der Waals surface area contributed by atoms with Crippen LogP contribution < -0.4 is 49.1 Å². The van der Waals surface area contributed by atoms with Crippen LogP contribution in [0.4, 0.5) is 0 Å². The Morgan fingerprint density at radius 1 is 0.706 bits per heavy atom. The summed E-state index contributed by atoms with van der Waals surface area (Å²) in [6.07, 6.45) is 0. The molecule has 96 valence electrons. The van der Waals surface area contributed by atoms with Gasteiger partial charge in [0.05, 0.1) is 0 Å². The van der Waals surface area contributed by atoms with E-state index in [9.17, 15) is 0 Å². The van der Waals surface area contributed by atoms with Gasteiger partial charge < -0.3 is 48.6 Å². The molecule has 0 unspecified atom stereocenters. The first-order chi connectivity index (χ1) is 6.00. The predicted octanol–water partition coefficient (Wildman–Crippen LogP) is -8.69. The topological polar surface area (TPSA) is 245 Å². The zero-order valence-corrected chi connectivity index (χ0v) is 13.9. The average Bonchev–Trinajstić information content (AvgIpc) is 1.41. The third-order valence-corrected chi connectivity index (χ3v) is 0. The summed E-state index contributed by atoms with van der Waals surface area (Å²) < 4.78 is 26.2. The Morgan fingerprint density at radius 3 is 0.706 bits per heavy atom. The minimum Gasteiger partial charge on any atom is -0.822 e. The van der Waals surface area contributed by atoms with E-state index in [-0.39, 0.29) is 46.9 Å². The smallest absolute Gasteiger partial charge is 0.822 e. The Balaban J connectivity index is -0.0000000400. The minimum atomic E-state index is -5.39. The molecule has 0 spiro atoms. The van der Waals surface area contributed by atoms with E-state index in [1.807, 2.05) is 0 Å². The normalized spacial score (nSPS) is 10.4. The first kappa shape index (κ1) is 31.3. The van der Waals surface area contributed by atoms with Gasteiger partial charge in [0.25, 0.3) is 7.82 Å². The molecular formula is H5AlNaO12P3. The van der Waals surface area contributed by atoms with Crippen molar-refractivity contribution in [2.24, 2.45) is 0 Å². The second kappa shape index (κ2) is 12.9. The van der Waals surface area contributed by atoms with Gasteiger partial charge in [0, 0.05) is 0 Å². The summed E-state index contributed by atoms with van der Waals surface area (Å²) in [4.78, 5) is 70.1. The van der Waals surface area contributed by atoms with Crippen LogP contribution in [-0.4, -0.2) is 41.8 Å². The van der Waals surface area contributed by atoms with Crippen molar-refractivity contribution >= 4 is 40.8 Å². The molecular weight excluding hydrogens is 335 g/mol. The van der Waals surface area contributed by atoms with Crippen LogP contribution in [0.1, 0.15) is 0 Å². The van der Waals surface area contributed by atoms with Crippen LogP contribution in [0.5, 0.6) is 0 Å². The fourth-order valence-corrected chi connectivity index (χ4v) is 0. The van der Waals surface area contributed by atoms with Crippen molar-refractivity contribution in [3.8, 4) is 0 Å². The molecule has 17 heteroatoms. The van der Waals surface area contributed by atoms with Gasteiger partial charge in [-0.3, -0.25) is 4.57 Å². The fourth-order valence-electron chi connectivity index (χ4n) is 0. The standard InChI is InChI=1S/Al.Na.3H3O4P/c;;3*1-5(2,3)4/h;;3*(H3,1,2,3,4)/q+3;+1;;;/p-4. The van der Waals surface area contributed by atoms with Crippen molar-refractivity contribution in [2.75, 3.05) is 0 Å². The van der Waals surface area contributed by atoms with E-state index in [1.54, 1.807) is 0 Å². The average molecular weight is 340 g/mol. The second-order valence-corrected chi connectivity index (χ2v) is 4.35. The molecule has 0 bridgehead atoms. The van der Waals surface area contributed by atoms with Gasteiger partial charge in [0.15, 0.2) is 0 Å². The number of hydrogen-bond donors (Lipinski definition) is 5. The molecule has 0 amide bonds. The number of hydrogen-bond acceptors (Lipinski definition) is 7. The maximum atomic E-state index is 8.88. The van der Waals surface area contributed by atoms with Crippen molar-refractivity contribution in [1.82, 2.24) is 0 Å². The van der Waals surface area contributed by atoms with E-state index in [1.165, 1.54) is 0 Å². The van der Waals surface area contributed by atoms with Crippen molar-refractivity contribution < 1.29 is 87.3 Å². The Hall–Kier alpha value is 1.86. The van der Waals surface area contributed by atoms with E-state index >= 15 is 0 Å². The van der Waals surface area contributed by atoms with Gasteiger partial charge in [-0.15, -0.1) is 0 Å². The molecule has 17 heavy (non-hydrogen) atoms. The van der Waals surface area contributed by atoms with Crippen LogP contribution in [0.2, 0.25) is 0 Å². The van der Waals surface area contributed by atoms with Crippen LogP contribution in [0.25, 0.3) is 0 Å². The van der Waals surface area contributed by atoms with Gasteiger partial charge in [0.2, 0.25) is 0 Å². The van der Waals surface area contributed by atoms with Crippen LogP contribution >= 0.6 is 23.5 Å². The van der Waals surface area contributed by atoms with Crippen molar-refractivity contribution in [3.63, 3.8) is 0 Å². The molecule has 0 atom stereocenters. The Labute approximate surface area is 127 Å². The van der Waals surface area contributed by atoms with Crippen LogP contribution in [-0.2, 0) is 13.7 Å². The summed E-state index contributed by atoms with van der Waals surface area (Å²) in [5, 5.41) is 0. The van der Waals surface area contributed by atoms with E-state index in [2.05, 4.69) is 0 Å². The molecule has 0 aliphatic heterocycles. The molecule has 0 heterocycles. The molecule has 0 radical (unpaired) electrons. The molecule has 0 aliphatic rings. The minimum absolute atomic E-state index is 0. The third-order valence-electron chi connectivity index (χ3n) is 0. The fraction of sp³-hybridized carbons (Fsp3) is 0. The van der Waals surface area contributed by atoms with E-state index < -0.39 is 23.5 Å². The van der Waals surface area contributed by atoms with Crippen LogP contribution in [0.15, 0.2) is 0 Å². The molecule has 12 nitrogen and oxygen atoms in total. The Kier molecular flexibility index (Phi) is 23.7. The molecule has 0 saturated heterocycles. The molecule has 0 aromatic rings. The molecule has 0 saturated carbocycles. The van der Waals surface area contributed by atoms with E-state index in [0.717, 1.165) is 0 Å². The van der Waals surface area contributed by atoms with Gasteiger partial charge in [0.1, 0.15) is 0 Å². The van der Waals surface area contributed by atoms with Crippen molar-refractivity contribution in [3.05, 3.63) is 0 Å². The molecule has 0 rings (SSSR count). The SMILES string of the molecule is O=P(O)(O)O.O=P([O-])(O)O.O=P([O-])([O-])[O-].[Al+3].[Na+]. The molecule has 5 N–H and O–H groups in total. The number of rotatable bonds is 0. The Morgan fingerprint density at radius 2 is 0.706 bits per heavy atom. The van der Waals surface area contributed by atoms with E-state index in [4.69, 9.17) is 57.7 Å². The van der Waals surface area contributed by atoms with Gasteiger partial charge >= 0.3 is 54.7 Å². The summed E-state index contributed by atoms with van der Waals surface area (Å²) in [5.41, 5.74) is 0. The van der Waals surface area contributed by atoms with Gasteiger partial charge in [-0.25, -0.2) is 4.57 Å². The Bertz CT molecular complexity index is 208. The quantitative estimate of drug-likeness (QED) is 0.204. The van der Waals surface area contributed by atoms with Crippen molar-refractivity contribution in [2.45, 2.75) is 0 Å². The molecule has 0 aromatic carbocycles. The zero-order chi connectivity index (χ0) is 13.5. The molecule has 0 fully saturated rings. The molecule has 0 aliphatic carbocycles. The van der Waals surface area contributed by atoms with Gasteiger partial charge in [-0.05, 0) is 0 Å². The summed E-state index contributed by atoms with van der Waals surface area (Å²) in [7, 11) is -14.9. The van der Waals surface area contributed by atoms with Crippen molar-refractivity contribution in [1.29, 1.82) is 0 Å². The first-order valence-corrected chi connectivity index (χ1v) is 6.83. The van der Waals surface area contributed by atoms with E-state index in [0.29, 0.717) is 0 Å². The monoisotopic (exact) mass is 340 g/mol. The summed E-state index contributed by atoms with van der Waals surface area (Å²) in [5.74, 6) is 0.